The Balaban J connectivity index is 1.69. The molecule has 0 aliphatic carbocycles. The van der Waals surface area contributed by atoms with Crippen LogP contribution in [0.1, 0.15) is 41.3 Å². The summed E-state index contributed by atoms with van der Waals surface area (Å²) in [5, 5.41) is 13.2. The van der Waals surface area contributed by atoms with E-state index in [1.54, 1.807) is 57.4 Å². The van der Waals surface area contributed by atoms with E-state index < -0.39 is 18.4 Å². The lowest BCUT2D eigenvalue weighted by Gasteiger charge is -2.15. The van der Waals surface area contributed by atoms with Gasteiger partial charge in [0.1, 0.15) is 11.7 Å². The summed E-state index contributed by atoms with van der Waals surface area (Å²) in [6, 6.07) is 8.63. The Kier molecular flexibility index (Phi) is 5.71. The number of alkyl halides is 2. The van der Waals surface area contributed by atoms with E-state index in [1.165, 1.54) is 15.4 Å². The first-order valence-electron chi connectivity index (χ1n) is 8.80. The van der Waals surface area contributed by atoms with Gasteiger partial charge in [-0.05, 0) is 44.2 Å². The molecular weight excluding hydrogens is 382 g/mol. The lowest BCUT2D eigenvalue weighted by Crippen LogP contribution is -2.25. The molecule has 152 valence electrons. The first-order chi connectivity index (χ1) is 13.7. The van der Waals surface area contributed by atoms with Crippen molar-refractivity contribution in [3.8, 4) is 0 Å². The zero-order valence-corrected chi connectivity index (χ0v) is 16.1. The van der Waals surface area contributed by atoms with E-state index >= 15 is 0 Å². The van der Waals surface area contributed by atoms with Gasteiger partial charge in [0.05, 0.1) is 0 Å². The van der Waals surface area contributed by atoms with Crippen LogP contribution in [0.15, 0.2) is 42.6 Å². The molecule has 2 aromatic heterocycles. The standard InChI is InChI=1S/C19H20F2N6O2/c1-11-9-16(17(20)21)25-27(11)12(2)18(28)22-13-5-4-6-14(10-13)23-19(29)15-7-8-26(3)24-15/h4-10,12,17H,1-3H3,(H,22,28)(H,23,29). The Morgan fingerprint density at radius 2 is 1.76 bits per heavy atom. The van der Waals surface area contributed by atoms with Crippen LogP contribution in [0.5, 0.6) is 0 Å². The van der Waals surface area contributed by atoms with Gasteiger partial charge in [-0.25, -0.2) is 8.78 Å². The number of carbonyl (C=O) groups is 2. The van der Waals surface area contributed by atoms with Gasteiger partial charge < -0.3 is 10.6 Å². The average Bonchev–Trinajstić information content (AvgIpc) is 3.27. The predicted octanol–water partition coefficient (Wildman–Crippen LogP) is 3.31. The molecule has 0 saturated carbocycles. The minimum atomic E-state index is -2.70. The molecule has 29 heavy (non-hydrogen) atoms. The molecule has 0 radical (unpaired) electrons. The smallest absolute Gasteiger partial charge is 0.282 e. The molecule has 2 N–H and O–H groups in total. The van der Waals surface area contributed by atoms with Crippen molar-refractivity contribution in [2.24, 2.45) is 7.05 Å². The zero-order valence-electron chi connectivity index (χ0n) is 16.1. The van der Waals surface area contributed by atoms with Crippen LogP contribution in [0.4, 0.5) is 20.2 Å². The van der Waals surface area contributed by atoms with Crippen molar-refractivity contribution < 1.29 is 18.4 Å². The van der Waals surface area contributed by atoms with Crippen molar-refractivity contribution >= 4 is 23.2 Å². The van der Waals surface area contributed by atoms with Crippen molar-refractivity contribution in [1.82, 2.24) is 19.6 Å². The van der Waals surface area contributed by atoms with Crippen molar-refractivity contribution in [1.29, 1.82) is 0 Å². The van der Waals surface area contributed by atoms with Gasteiger partial charge in [-0.3, -0.25) is 19.0 Å². The van der Waals surface area contributed by atoms with Crippen molar-refractivity contribution in [2.45, 2.75) is 26.3 Å². The van der Waals surface area contributed by atoms with Crippen molar-refractivity contribution in [3.05, 3.63) is 59.7 Å². The molecule has 1 unspecified atom stereocenters. The van der Waals surface area contributed by atoms with Gasteiger partial charge in [0.15, 0.2) is 5.69 Å². The van der Waals surface area contributed by atoms with Crippen LogP contribution >= 0.6 is 0 Å². The maximum Gasteiger partial charge on any atom is 0.282 e. The molecule has 0 aliphatic heterocycles. The molecule has 10 heteroatoms. The van der Waals surface area contributed by atoms with E-state index in [1.807, 2.05) is 0 Å². The molecule has 0 saturated heterocycles. The van der Waals surface area contributed by atoms with Crippen LogP contribution in [0.2, 0.25) is 0 Å². The largest absolute Gasteiger partial charge is 0.324 e. The highest BCUT2D eigenvalue weighted by Gasteiger charge is 2.21. The number of benzene rings is 1. The minimum absolute atomic E-state index is 0.263. The maximum absolute atomic E-state index is 12.8. The summed E-state index contributed by atoms with van der Waals surface area (Å²) in [4.78, 5) is 24.7. The summed E-state index contributed by atoms with van der Waals surface area (Å²) in [6.07, 6.45) is -1.05. The highest BCUT2D eigenvalue weighted by Crippen LogP contribution is 2.22. The number of nitrogens with zero attached hydrogens (tertiary/aromatic N) is 4. The summed E-state index contributed by atoms with van der Waals surface area (Å²) in [6.45, 7) is 3.17. The van der Waals surface area contributed by atoms with Crippen molar-refractivity contribution in [2.75, 3.05) is 10.6 Å². The highest BCUT2D eigenvalue weighted by atomic mass is 19.3. The second kappa shape index (κ2) is 8.21. The Labute approximate surface area is 165 Å². The Morgan fingerprint density at radius 3 is 2.34 bits per heavy atom. The minimum Gasteiger partial charge on any atom is -0.324 e. The monoisotopic (exact) mass is 402 g/mol. The number of anilines is 2. The molecule has 0 spiro atoms. The summed E-state index contributed by atoms with van der Waals surface area (Å²) in [5.74, 6) is -0.806. The third kappa shape index (κ3) is 4.65. The SMILES string of the molecule is Cc1cc(C(F)F)nn1C(C)C(=O)Nc1cccc(NC(=O)c2ccn(C)n2)c1. The van der Waals surface area contributed by atoms with Crippen LogP contribution in [0, 0.1) is 6.92 Å². The van der Waals surface area contributed by atoms with Crippen LogP contribution < -0.4 is 10.6 Å². The molecule has 1 aromatic carbocycles. The zero-order chi connectivity index (χ0) is 21.1. The van der Waals surface area contributed by atoms with E-state index in [0.29, 0.717) is 17.1 Å². The third-order valence-electron chi connectivity index (χ3n) is 4.25. The molecule has 8 nitrogen and oxygen atoms in total. The van der Waals surface area contributed by atoms with E-state index in [4.69, 9.17) is 0 Å². The average molecular weight is 402 g/mol. The lowest BCUT2D eigenvalue weighted by molar-refractivity contribution is -0.119. The van der Waals surface area contributed by atoms with Gasteiger partial charge in [0, 0.05) is 30.3 Å². The number of aromatic nitrogens is 4. The van der Waals surface area contributed by atoms with Crippen LogP contribution in [0.25, 0.3) is 0 Å². The molecule has 3 rings (SSSR count). The fourth-order valence-corrected chi connectivity index (χ4v) is 2.77. The van der Waals surface area contributed by atoms with Gasteiger partial charge in [-0.2, -0.15) is 10.2 Å². The van der Waals surface area contributed by atoms with E-state index in [-0.39, 0.29) is 17.3 Å². The molecule has 0 bridgehead atoms. The predicted molar refractivity (Wildman–Crippen MR) is 103 cm³/mol. The van der Waals surface area contributed by atoms with Gasteiger partial charge in [0.25, 0.3) is 12.3 Å². The van der Waals surface area contributed by atoms with Gasteiger partial charge in [-0.1, -0.05) is 6.07 Å². The molecule has 2 heterocycles. The van der Waals surface area contributed by atoms with Crippen LogP contribution in [-0.4, -0.2) is 31.4 Å². The molecule has 0 fully saturated rings. The number of amides is 2. The maximum atomic E-state index is 12.8. The fourth-order valence-electron chi connectivity index (χ4n) is 2.77. The first kappa shape index (κ1) is 20.2. The van der Waals surface area contributed by atoms with Crippen LogP contribution in [-0.2, 0) is 11.8 Å². The molecule has 3 aromatic rings. The summed E-state index contributed by atoms with van der Waals surface area (Å²) in [5.41, 5.74) is 1.26. The second-order valence-electron chi connectivity index (χ2n) is 6.53. The molecular formula is C19H20F2N6O2. The number of rotatable bonds is 6. The van der Waals surface area contributed by atoms with Crippen LogP contribution in [0.3, 0.4) is 0 Å². The second-order valence-corrected chi connectivity index (χ2v) is 6.53. The highest BCUT2D eigenvalue weighted by molar-refractivity contribution is 6.03. The van der Waals surface area contributed by atoms with E-state index in [9.17, 15) is 18.4 Å². The third-order valence-corrected chi connectivity index (χ3v) is 4.25. The van der Waals surface area contributed by atoms with E-state index in [0.717, 1.165) is 0 Å². The number of halogens is 2. The topological polar surface area (TPSA) is 93.8 Å². The summed E-state index contributed by atoms with van der Waals surface area (Å²) >= 11 is 0. The van der Waals surface area contributed by atoms with Gasteiger partial charge >= 0.3 is 0 Å². The van der Waals surface area contributed by atoms with Crippen molar-refractivity contribution in [3.63, 3.8) is 0 Å². The molecule has 1 atom stereocenters. The van der Waals surface area contributed by atoms with E-state index in [2.05, 4.69) is 20.8 Å². The first-order valence-corrected chi connectivity index (χ1v) is 8.80. The Morgan fingerprint density at radius 1 is 1.07 bits per heavy atom. The summed E-state index contributed by atoms with van der Waals surface area (Å²) in [7, 11) is 1.71. The number of aryl methyl sites for hydroxylation is 2. The normalized spacial score (nSPS) is 12.1. The number of nitrogens with one attached hydrogen (secondary N) is 2. The Hall–Kier alpha value is -3.56. The van der Waals surface area contributed by atoms with Gasteiger partial charge in [0.2, 0.25) is 5.91 Å². The fraction of sp³-hybridized carbons (Fsp3) is 0.263. The number of hydrogen-bond donors (Lipinski definition) is 2. The Bertz CT molecular complexity index is 1040. The quantitative estimate of drug-likeness (QED) is 0.661. The molecule has 0 aliphatic rings. The van der Waals surface area contributed by atoms with Gasteiger partial charge in [-0.15, -0.1) is 0 Å². The number of carbonyl (C=O) groups excluding carboxylic acids is 2. The summed E-state index contributed by atoms with van der Waals surface area (Å²) < 4.78 is 28.4. The molecule has 2 amide bonds. The number of hydrogen-bond acceptors (Lipinski definition) is 4. The lowest BCUT2D eigenvalue weighted by atomic mass is 10.2.